The van der Waals surface area contributed by atoms with Crippen LogP contribution in [0.25, 0.3) is 16.9 Å². The number of ether oxygens (including phenoxy) is 3. The molecule has 0 unspecified atom stereocenters. The summed E-state index contributed by atoms with van der Waals surface area (Å²) in [6.45, 7) is 12.4. The van der Waals surface area contributed by atoms with Crippen molar-refractivity contribution >= 4 is 11.6 Å². The number of methoxy groups -OCH3 is 1. The molecular weight excluding hydrogens is 412 g/mol. The van der Waals surface area contributed by atoms with Crippen molar-refractivity contribution in [3.63, 3.8) is 0 Å². The Morgan fingerprint density at radius 1 is 0.909 bits per heavy atom. The molecule has 0 aliphatic rings. The van der Waals surface area contributed by atoms with Gasteiger partial charge in [-0.3, -0.25) is 5.41 Å². The fraction of sp³-hybridized carbons (Fsp3) is 0.464. The van der Waals surface area contributed by atoms with Gasteiger partial charge in [0.05, 0.1) is 25.9 Å². The van der Waals surface area contributed by atoms with E-state index in [9.17, 15) is 0 Å². The maximum absolute atomic E-state index is 8.70. The second-order valence-electron chi connectivity index (χ2n) is 8.11. The highest BCUT2D eigenvalue weighted by Gasteiger charge is 2.18. The van der Waals surface area contributed by atoms with Gasteiger partial charge in [-0.2, -0.15) is 0 Å². The van der Waals surface area contributed by atoms with Crippen LogP contribution in [0.1, 0.15) is 70.4 Å². The molecule has 0 heterocycles. The Kier molecular flexibility index (Phi) is 11.4. The summed E-state index contributed by atoms with van der Waals surface area (Å²) >= 11 is 0. The fourth-order valence-electron chi connectivity index (χ4n) is 3.34. The highest BCUT2D eigenvalue weighted by atomic mass is 16.5. The number of benzene rings is 2. The van der Waals surface area contributed by atoms with Gasteiger partial charge in [-0.05, 0) is 37.0 Å². The average Bonchev–Trinajstić information content (AvgIpc) is 2.84. The van der Waals surface area contributed by atoms with E-state index >= 15 is 0 Å². The van der Waals surface area contributed by atoms with Crippen LogP contribution in [-0.2, 0) is 4.74 Å². The summed E-state index contributed by atoms with van der Waals surface area (Å²) in [5, 5.41) is 11.9. The summed E-state index contributed by atoms with van der Waals surface area (Å²) < 4.78 is 17.7. The zero-order valence-electron chi connectivity index (χ0n) is 20.8. The minimum Gasteiger partial charge on any atom is -0.497 e. The van der Waals surface area contributed by atoms with E-state index < -0.39 is 0 Å². The van der Waals surface area contributed by atoms with Crippen LogP contribution in [0.3, 0.4) is 0 Å². The number of hydrogen-bond acceptors (Lipinski definition) is 4. The second-order valence-corrected chi connectivity index (χ2v) is 8.11. The second kappa shape index (κ2) is 14.2. The molecule has 0 saturated heterocycles. The van der Waals surface area contributed by atoms with E-state index in [0.29, 0.717) is 30.6 Å². The summed E-state index contributed by atoms with van der Waals surface area (Å²) in [5.74, 6) is 2.43. The molecule has 0 aliphatic carbocycles. The van der Waals surface area contributed by atoms with Crippen molar-refractivity contribution in [2.75, 3.05) is 26.9 Å². The SMILES string of the molecule is C=C(OC)c1cccc(-c2cc(C(=N)NCCCC)c(OCCCC)cc2OCCCC)c1. The summed E-state index contributed by atoms with van der Waals surface area (Å²) in [6, 6.07) is 12.0. The van der Waals surface area contributed by atoms with Crippen LogP contribution in [0, 0.1) is 5.41 Å². The van der Waals surface area contributed by atoms with Crippen molar-refractivity contribution in [3.05, 3.63) is 54.1 Å². The Morgan fingerprint density at radius 2 is 1.58 bits per heavy atom. The predicted octanol–water partition coefficient (Wildman–Crippen LogP) is 7.04. The third-order valence-corrected chi connectivity index (χ3v) is 5.44. The standard InChI is InChI=1S/C28H40N2O3/c1-6-9-15-30-28(29)25-19-24(23-14-12-13-22(18-23)21(4)31-5)26(32-16-10-7-2)20-27(25)33-17-11-8-3/h12-14,18-20H,4,6-11,15-17H2,1-3,5H3,(H2,29,30). The number of hydrogen-bond donors (Lipinski definition) is 2. The van der Waals surface area contributed by atoms with E-state index in [1.165, 1.54) is 0 Å². The van der Waals surface area contributed by atoms with Crippen molar-refractivity contribution in [1.29, 1.82) is 5.41 Å². The summed E-state index contributed by atoms with van der Waals surface area (Å²) in [5.41, 5.74) is 3.57. The van der Waals surface area contributed by atoms with Crippen molar-refractivity contribution < 1.29 is 14.2 Å². The van der Waals surface area contributed by atoms with Gasteiger partial charge in [0.1, 0.15) is 23.1 Å². The average molecular weight is 453 g/mol. The van der Waals surface area contributed by atoms with Crippen LogP contribution in [0.2, 0.25) is 0 Å². The van der Waals surface area contributed by atoms with E-state index in [4.69, 9.17) is 19.6 Å². The van der Waals surface area contributed by atoms with Crippen LogP contribution in [0.5, 0.6) is 11.5 Å². The molecule has 0 fully saturated rings. The van der Waals surface area contributed by atoms with Gasteiger partial charge in [-0.15, -0.1) is 0 Å². The fourth-order valence-corrected chi connectivity index (χ4v) is 3.34. The molecule has 2 aromatic rings. The lowest BCUT2D eigenvalue weighted by molar-refractivity contribution is 0.294. The number of nitrogens with one attached hydrogen (secondary N) is 2. The molecule has 180 valence electrons. The van der Waals surface area contributed by atoms with E-state index in [1.54, 1.807) is 7.11 Å². The van der Waals surface area contributed by atoms with E-state index in [0.717, 1.165) is 73.1 Å². The van der Waals surface area contributed by atoms with Gasteiger partial charge in [-0.25, -0.2) is 0 Å². The zero-order valence-corrected chi connectivity index (χ0v) is 20.8. The third-order valence-electron chi connectivity index (χ3n) is 5.44. The van der Waals surface area contributed by atoms with Crippen LogP contribution in [0.15, 0.2) is 43.0 Å². The Bertz CT molecular complexity index is 908. The van der Waals surface area contributed by atoms with Gasteiger partial charge in [0.25, 0.3) is 0 Å². The smallest absolute Gasteiger partial charge is 0.133 e. The van der Waals surface area contributed by atoms with E-state index in [2.05, 4.69) is 32.7 Å². The van der Waals surface area contributed by atoms with Gasteiger partial charge < -0.3 is 19.5 Å². The molecule has 0 aromatic heterocycles. The zero-order chi connectivity index (χ0) is 24.1. The van der Waals surface area contributed by atoms with Crippen LogP contribution in [-0.4, -0.2) is 32.7 Å². The maximum Gasteiger partial charge on any atom is 0.133 e. The van der Waals surface area contributed by atoms with Crippen molar-refractivity contribution in [2.45, 2.75) is 59.3 Å². The number of rotatable bonds is 15. The molecule has 0 spiro atoms. The first kappa shape index (κ1) is 26.3. The molecular formula is C28H40N2O3. The molecule has 5 heteroatoms. The molecule has 0 saturated carbocycles. The maximum atomic E-state index is 8.70. The highest BCUT2D eigenvalue weighted by molar-refractivity contribution is 6.00. The van der Waals surface area contributed by atoms with E-state index in [1.807, 2.05) is 36.4 Å². The van der Waals surface area contributed by atoms with Gasteiger partial charge in [0, 0.05) is 23.7 Å². The van der Waals surface area contributed by atoms with Crippen LogP contribution in [0.4, 0.5) is 0 Å². The normalized spacial score (nSPS) is 10.5. The Labute approximate surface area is 199 Å². The molecule has 2 aromatic carbocycles. The lowest BCUT2D eigenvalue weighted by Crippen LogP contribution is -2.25. The van der Waals surface area contributed by atoms with Crippen molar-refractivity contribution in [3.8, 4) is 22.6 Å². The third kappa shape index (κ3) is 7.85. The monoisotopic (exact) mass is 452 g/mol. The minimum atomic E-state index is 0.369. The van der Waals surface area contributed by atoms with Gasteiger partial charge in [0.2, 0.25) is 0 Å². The molecule has 2 N–H and O–H groups in total. The lowest BCUT2D eigenvalue weighted by Gasteiger charge is -2.19. The predicted molar refractivity (Wildman–Crippen MR) is 138 cm³/mol. The molecule has 33 heavy (non-hydrogen) atoms. The Morgan fingerprint density at radius 3 is 2.21 bits per heavy atom. The van der Waals surface area contributed by atoms with Crippen molar-refractivity contribution in [2.24, 2.45) is 0 Å². The lowest BCUT2D eigenvalue weighted by atomic mass is 9.98. The molecule has 0 bridgehead atoms. The first-order valence-corrected chi connectivity index (χ1v) is 12.2. The summed E-state index contributed by atoms with van der Waals surface area (Å²) in [4.78, 5) is 0. The first-order valence-electron chi connectivity index (χ1n) is 12.2. The van der Waals surface area contributed by atoms with E-state index in [-0.39, 0.29) is 0 Å². The molecule has 0 amide bonds. The minimum absolute atomic E-state index is 0.369. The molecule has 2 rings (SSSR count). The number of unbranched alkanes of at least 4 members (excludes halogenated alkanes) is 3. The van der Waals surface area contributed by atoms with Crippen molar-refractivity contribution in [1.82, 2.24) is 5.32 Å². The molecule has 5 nitrogen and oxygen atoms in total. The Balaban J connectivity index is 2.55. The Hall–Kier alpha value is -2.95. The highest BCUT2D eigenvalue weighted by Crippen LogP contribution is 2.37. The quantitative estimate of drug-likeness (QED) is 0.132. The van der Waals surface area contributed by atoms with Crippen LogP contribution < -0.4 is 14.8 Å². The number of amidine groups is 1. The molecule has 0 aliphatic heterocycles. The van der Waals surface area contributed by atoms with Gasteiger partial charge in [-0.1, -0.05) is 64.8 Å². The topological polar surface area (TPSA) is 63.6 Å². The first-order chi connectivity index (χ1) is 16.0. The van der Waals surface area contributed by atoms with Gasteiger partial charge >= 0.3 is 0 Å². The largest absolute Gasteiger partial charge is 0.497 e. The summed E-state index contributed by atoms with van der Waals surface area (Å²) in [7, 11) is 1.62. The van der Waals surface area contributed by atoms with Gasteiger partial charge in [0.15, 0.2) is 0 Å². The summed E-state index contributed by atoms with van der Waals surface area (Å²) in [6.07, 6.45) is 6.14. The van der Waals surface area contributed by atoms with Crippen LogP contribution >= 0.6 is 0 Å². The molecule has 0 radical (unpaired) electrons. The molecule has 0 atom stereocenters.